The summed E-state index contributed by atoms with van der Waals surface area (Å²) >= 11 is 1.93. The van der Waals surface area contributed by atoms with E-state index in [2.05, 4.69) is 20.1 Å². The monoisotopic (exact) mass is 332 g/mol. The molecule has 2 aliphatic rings. The highest BCUT2D eigenvalue weighted by atomic mass is 32.2. The largest absolute Gasteiger partial charge is 0.353 e. The summed E-state index contributed by atoms with van der Waals surface area (Å²) in [5.74, 6) is 4.17. The summed E-state index contributed by atoms with van der Waals surface area (Å²) < 4.78 is 1.94. The normalized spacial score (nSPS) is 22.0. The second kappa shape index (κ2) is 5.99. The van der Waals surface area contributed by atoms with Crippen molar-refractivity contribution >= 4 is 29.1 Å². The van der Waals surface area contributed by atoms with Crippen LogP contribution in [0.25, 0.3) is 5.65 Å². The molecule has 0 radical (unpaired) electrons. The summed E-state index contributed by atoms with van der Waals surface area (Å²) in [6, 6.07) is 0. The third-order valence-electron chi connectivity index (χ3n) is 4.64. The predicted molar refractivity (Wildman–Crippen MR) is 89.7 cm³/mol. The number of aryl methyl sites for hydroxylation is 1. The van der Waals surface area contributed by atoms with Gasteiger partial charge in [-0.15, -0.1) is 10.2 Å². The van der Waals surface area contributed by atoms with Crippen molar-refractivity contribution < 1.29 is 4.79 Å². The first-order chi connectivity index (χ1) is 11.2. The van der Waals surface area contributed by atoms with Gasteiger partial charge in [-0.25, -0.2) is 4.98 Å². The Hall–Kier alpha value is -1.83. The SMILES string of the molecule is Cc1nnc2c(N3CCC(C(=O)N4CCSCC4)C3)nccn12. The number of aromatic nitrogens is 4. The standard InChI is InChI=1S/C15H20N6OS/c1-11-17-18-14-13(16-3-5-21(11)14)20-4-2-12(10-20)15(22)19-6-8-23-9-7-19/h3,5,12H,2,4,6-10H2,1H3. The van der Waals surface area contributed by atoms with Gasteiger partial charge >= 0.3 is 0 Å². The molecule has 8 heteroatoms. The Morgan fingerprint density at radius 3 is 2.91 bits per heavy atom. The minimum absolute atomic E-state index is 0.0733. The van der Waals surface area contributed by atoms with Crippen LogP contribution >= 0.6 is 11.8 Å². The molecule has 4 rings (SSSR count). The van der Waals surface area contributed by atoms with E-state index in [-0.39, 0.29) is 5.92 Å². The van der Waals surface area contributed by atoms with Crippen LogP contribution in [0.4, 0.5) is 5.82 Å². The molecular weight excluding hydrogens is 312 g/mol. The molecule has 0 aliphatic carbocycles. The molecule has 7 nitrogen and oxygen atoms in total. The average molecular weight is 332 g/mol. The van der Waals surface area contributed by atoms with Gasteiger partial charge in [0.25, 0.3) is 0 Å². The first-order valence-electron chi connectivity index (χ1n) is 8.02. The van der Waals surface area contributed by atoms with E-state index < -0.39 is 0 Å². The van der Waals surface area contributed by atoms with Crippen molar-refractivity contribution in [3.05, 3.63) is 18.2 Å². The van der Waals surface area contributed by atoms with Crippen LogP contribution in [-0.4, -0.2) is 68.1 Å². The van der Waals surface area contributed by atoms with Gasteiger partial charge in [0.15, 0.2) is 5.82 Å². The van der Waals surface area contributed by atoms with Gasteiger partial charge in [-0.3, -0.25) is 9.20 Å². The Morgan fingerprint density at radius 2 is 2.09 bits per heavy atom. The van der Waals surface area contributed by atoms with E-state index in [1.165, 1.54) is 0 Å². The molecule has 2 aliphatic heterocycles. The van der Waals surface area contributed by atoms with Crippen molar-refractivity contribution in [1.29, 1.82) is 0 Å². The number of nitrogens with zero attached hydrogens (tertiary/aromatic N) is 6. The van der Waals surface area contributed by atoms with Crippen LogP contribution in [0, 0.1) is 12.8 Å². The van der Waals surface area contributed by atoms with Gasteiger partial charge < -0.3 is 9.80 Å². The van der Waals surface area contributed by atoms with E-state index in [0.29, 0.717) is 5.91 Å². The Labute approximate surface area is 139 Å². The highest BCUT2D eigenvalue weighted by Crippen LogP contribution is 2.27. The van der Waals surface area contributed by atoms with Gasteiger partial charge in [0.1, 0.15) is 5.82 Å². The van der Waals surface area contributed by atoms with Crippen molar-refractivity contribution in [1.82, 2.24) is 24.5 Å². The molecule has 1 amide bonds. The van der Waals surface area contributed by atoms with E-state index in [0.717, 1.165) is 61.4 Å². The van der Waals surface area contributed by atoms with Crippen LogP contribution in [-0.2, 0) is 4.79 Å². The van der Waals surface area contributed by atoms with Gasteiger partial charge in [-0.1, -0.05) is 0 Å². The Bertz CT molecular complexity index is 726. The molecule has 4 heterocycles. The third-order valence-corrected chi connectivity index (χ3v) is 5.58. The van der Waals surface area contributed by atoms with Crippen LogP contribution < -0.4 is 4.90 Å². The number of hydrogen-bond donors (Lipinski definition) is 0. The molecule has 2 aromatic heterocycles. The molecule has 2 aromatic rings. The highest BCUT2D eigenvalue weighted by molar-refractivity contribution is 7.99. The number of carbonyl (C=O) groups excluding carboxylic acids is 1. The third kappa shape index (κ3) is 2.65. The molecule has 1 atom stereocenters. The first kappa shape index (κ1) is 14.7. The number of fused-ring (bicyclic) bond motifs is 1. The van der Waals surface area contributed by atoms with Gasteiger partial charge in [-0.05, 0) is 13.3 Å². The first-order valence-corrected chi connectivity index (χ1v) is 9.17. The molecular formula is C15H20N6OS. The fourth-order valence-electron chi connectivity index (χ4n) is 3.35. The smallest absolute Gasteiger partial charge is 0.227 e. The minimum atomic E-state index is 0.0733. The van der Waals surface area contributed by atoms with Crippen molar-refractivity contribution in [2.75, 3.05) is 42.6 Å². The van der Waals surface area contributed by atoms with Crippen LogP contribution in [0.15, 0.2) is 12.4 Å². The number of rotatable bonds is 2. The molecule has 1 unspecified atom stereocenters. The molecule has 0 saturated carbocycles. The lowest BCUT2D eigenvalue weighted by Gasteiger charge is -2.29. The van der Waals surface area contributed by atoms with E-state index in [4.69, 9.17) is 0 Å². The summed E-state index contributed by atoms with van der Waals surface area (Å²) in [5.41, 5.74) is 0.771. The van der Waals surface area contributed by atoms with Crippen LogP contribution in [0.3, 0.4) is 0 Å². The summed E-state index contributed by atoms with van der Waals surface area (Å²) in [4.78, 5) is 21.4. The molecule has 0 spiro atoms. The fraction of sp³-hybridized carbons (Fsp3) is 0.600. The van der Waals surface area contributed by atoms with Gasteiger partial charge in [0, 0.05) is 50.1 Å². The molecule has 23 heavy (non-hydrogen) atoms. The minimum Gasteiger partial charge on any atom is -0.353 e. The lowest BCUT2D eigenvalue weighted by atomic mass is 10.1. The molecule has 122 valence electrons. The van der Waals surface area contributed by atoms with Gasteiger partial charge in [-0.2, -0.15) is 11.8 Å². The van der Waals surface area contributed by atoms with Gasteiger partial charge in [0.05, 0.1) is 5.92 Å². The number of amides is 1. The fourth-order valence-corrected chi connectivity index (χ4v) is 4.25. The summed E-state index contributed by atoms with van der Waals surface area (Å²) in [6.07, 6.45) is 4.53. The van der Waals surface area contributed by atoms with Gasteiger partial charge in [0.2, 0.25) is 11.6 Å². The Kier molecular flexibility index (Phi) is 3.84. The Morgan fingerprint density at radius 1 is 1.26 bits per heavy atom. The van der Waals surface area contributed by atoms with E-state index >= 15 is 0 Å². The maximum Gasteiger partial charge on any atom is 0.227 e. The molecule has 2 fully saturated rings. The van der Waals surface area contributed by atoms with Crippen molar-refractivity contribution in [3.63, 3.8) is 0 Å². The molecule has 0 bridgehead atoms. The zero-order valence-electron chi connectivity index (χ0n) is 13.2. The number of anilines is 1. The zero-order valence-corrected chi connectivity index (χ0v) is 14.0. The molecule has 0 N–H and O–H groups in total. The number of thioether (sulfide) groups is 1. The quantitative estimate of drug-likeness (QED) is 0.812. The second-order valence-corrected chi connectivity index (χ2v) is 7.29. The van der Waals surface area contributed by atoms with E-state index in [1.54, 1.807) is 6.20 Å². The summed E-state index contributed by atoms with van der Waals surface area (Å²) in [7, 11) is 0. The molecule has 0 aromatic carbocycles. The predicted octanol–water partition coefficient (Wildman–Crippen LogP) is 0.834. The van der Waals surface area contributed by atoms with Crippen molar-refractivity contribution in [2.24, 2.45) is 5.92 Å². The van der Waals surface area contributed by atoms with Crippen molar-refractivity contribution in [3.8, 4) is 0 Å². The number of hydrogen-bond acceptors (Lipinski definition) is 6. The average Bonchev–Trinajstić information content (AvgIpc) is 3.22. The van der Waals surface area contributed by atoms with Crippen LogP contribution in [0.2, 0.25) is 0 Å². The summed E-state index contributed by atoms with van der Waals surface area (Å²) in [5, 5.41) is 8.36. The highest BCUT2D eigenvalue weighted by Gasteiger charge is 2.33. The summed E-state index contributed by atoms with van der Waals surface area (Å²) in [6.45, 7) is 5.27. The zero-order chi connectivity index (χ0) is 15.8. The van der Waals surface area contributed by atoms with Crippen LogP contribution in [0.5, 0.6) is 0 Å². The van der Waals surface area contributed by atoms with E-state index in [9.17, 15) is 4.79 Å². The van der Waals surface area contributed by atoms with Crippen molar-refractivity contribution in [2.45, 2.75) is 13.3 Å². The lowest BCUT2D eigenvalue weighted by molar-refractivity contribution is -0.134. The second-order valence-electron chi connectivity index (χ2n) is 6.06. The van der Waals surface area contributed by atoms with Crippen LogP contribution in [0.1, 0.15) is 12.2 Å². The maximum atomic E-state index is 12.7. The topological polar surface area (TPSA) is 66.6 Å². The Balaban J connectivity index is 1.52. The lowest BCUT2D eigenvalue weighted by Crippen LogP contribution is -2.42. The van der Waals surface area contributed by atoms with E-state index in [1.807, 2.05) is 34.2 Å². The number of carbonyl (C=O) groups is 1. The molecule has 2 saturated heterocycles. The maximum absolute atomic E-state index is 12.7.